The summed E-state index contributed by atoms with van der Waals surface area (Å²) in [7, 11) is 2.55. The first-order chi connectivity index (χ1) is 10.00. The van der Waals surface area contributed by atoms with Gasteiger partial charge in [-0.3, -0.25) is 14.4 Å². The first-order valence-electron chi connectivity index (χ1n) is 7.42. The topological polar surface area (TPSA) is 69.7 Å². The molecular weight excluding hydrogens is 272 g/mol. The lowest BCUT2D eigenvalue weighted by atomic mass is 9.83. The average Bonchev–Trinajstić information content (AvgIpc) is 2.98. The second kappa shape index (κ2) is 6.00. The Bertz CT molecular complexity index is 487. The highest BCUT2D eigenvalue weighted by molar-refractivity contribution is 6.04. The summed E-state index contributed by atoms with van der Waals surface area (Å²) in [6.45, 7) is 2.07. The number of carbonyl (C=O) groups excluding carboxylic acids is 3. The quantitative estimate of drug-likeness (QED) is 0.574. The molecular formula is C16H22O5. The Labute approximate surface area is 124 Å². The Hall–Kier alpha value is -1.65. The second-order valence-corrected chi connectivity index (χ2v) is 5.88. The molecule has 0 amide bonds. The van der Waals surface area contributed by atoms with E-state index < -0.39 is 17.4 Å². The van der Waals surface area contributed by atoms with Crippen molar-refractivity contribution in [3.8, 4) is 0 Å². The fraction of sp³-hybridized carbons (Fsp3) is 0.688. The van der Waals surface area contributed by atoms with Crippen LogP contribution in [-0.4, -0.2) is 31.9 Å². The summed E-state index contributed by atoms with van der Waals surface area (Å²) in [4.78, 5) is 36.4. The third-order valence-electron chi connectivity index (χ3n) is 4.67. The molecule has 5 nitrogen and oxygen atoms in total. The number of carbonyl (C=O) groups is 3. The first kappa shape index (κ1) is 15.7. The maximum atomic E-state index is 12.1. The lowest BCUT2D eigenvalue weighted by Gasteiger charge is -2.23. The van der Waals surface area contributed by atoms with Crippen LogP contribution in [0.3, 0.4) is 0 Å². The van der Waals surface area contributed by atoms with E-state index in [0.29, 0.717) is 12.8 Å². The number of methoxy groups -OCH3 is 2. The van der Waals surface area contributed by atoms with Crippen LogP contribution in [0, 0.1) is 11.3 Å². The Morgan fingerprint density at radius 1 is 1.24 bits per heavy atom. The summed E-state index contributed by atoms with van der Waals surface area (Å²) in [6.07, 6.45) is 3.68. The maximum Gasteiger partial charge on any atom is 0.323 e. The Morgan fingerprint density at radius 2 is 1.86 bits per heavy atom. The smallest absolute Gasteiger partial charge is 0.323 e. The van der Waals surface area contributed by atoms with Gasteiger partial charge < -0.3 is 9.47 Å². The van der Waals surface area contributed by atoms with E-state index in [9.17, 15) is 14.4 Å². The van der Waals surface area contributed by atoms with Crippen molar-refractivity contribution < 1.29 is 23.9 Å². The van der Waals surface area contributed by atoms with E-state index in [4.69, 9.17) is 9.47 Å². The van der Waals surface area contributed by atoms with Gasteiger partial charge in [0, 0.05) is 6.42 Å². The lowest BCUT2D eigenvalue weighted by molar-refractivity contribution is -0.168. The van der Waals surface area contributed by atoms with Crippen molar-refractivity contribution in [1.82, 2.24) is 0 Å². The number of fused-ring (bicyclic) bond motifs is 1. The zero-order valence-corrected chi connectivity index (χ0v) is 12.9. The van der Waals surface area contributed by atoms with Crippen molar-refractivity contribution in [3.63, 3.8) is 0 Å². The fourth-order valence-corrected chi connectivity index (χ4v) is 3.60. The number of ketones is 1. The standard InChI is InChI=1S/C16H22O5/c1-4-5-6-11-12-9-16(14(18)20-2,15(19)21-3)8-10(12)7-13(11)17/h10H,4-9H2,1-3H3. The summed E-state index contributed by atoms with van der Waals surface area (Å²) in [5.74, 6) is -0.952. The molecule has 0 saturated heterocycles. The Kier molecular flexibility index (Phi) is 4.49. The number of esters is 2. The third kappa shape index (κ3) is 2.49. The van der Waals surface area contributed by atoms with E-state index in [1.165, 1.54) is 14.2 Å². The molecule has 2 rings (SSSR count). The highest BCUT2D eigenvalue weighted by Gasteiger charge is 2.57. The molecule has 0 aromatic heterocycles. The third-order valence-corrected chi connectivity index (χ3v) is 4.67. The van der Waals surface area contributed by atoms with Gasteiger partial charge in [0.05, 0.1) is 14.2 Å². The van der Waals surface area contributed by atoms with Gasteiger partial charge in [-0.1, -0.05) is 18.9 Å². The van der Waals surface area contributed by atoms with E-state index in [0.717, 1.165) is 30.4 Å². The fourth-order valence-electron chi connectivity index (χ4n) is 3.60. The lowest BCUT2D eigenvalue weighted by Crippen LogP contribution is -2.39. The van der Waals surface area contributed by atoms with Crippen molar-refractivity contribution in [2.24, 2.45) is 11.3 Å². The minimum Gasteiger partial charge on any atom is -0.468 e. The molecule has 0 N–H and O–H groups in total. The monoisotopic (exact) mass is 294 g/mol. The van der Waals surface area contributed by atoms with Crippen LogP contribution in [0.15, 0.2) is 11.1 Å². The molecule has 1 atom stereocenters. The number of Topliss-reactive ketones (excluding diaryl/α,β-unsaturated/α-hetero) is 1. The van der Waals surface area contributed by atoms with Gasteiger partial charge in [0.15, 0.2) is 11.2 Å². The Morgan fingerprint density at radius 3 is 2.38 bits per heavy atom. The molecule has 5 heteroatoms. The molecule has 2 aliphatic rings. The van der Waals surface area contributed by atoms with Crippen molar-refractivity contribution in [2.75, 3.05) is 14.2 Å². The molecule has 2 aliphatic carbocycles. The van der Waals surface area contributed by atoms with Gasteiger partial charge in [-0.25, -0.2) is 0 Å². The molecule has 1 fully saturated rings. The van der Waals surface area contributed by atoms with Crippen LogP contribution in [0.4, 0.5) is 0 Å². The van der Waals surface area contributed by atoms with Gasteiger partial charge in [-0.05, 0) is 37.2 Å². The summed E-state index contributed by atoms with van der Waals surface area (Å²) in [5, 5.41) is 0. The van der Waals surface area contributed by atoms with Gasteiger partial charge in [0.2, 0.25) is 0 Å². The predicted molar refractivity (Wildman–Crippen MR) is 75.4 cm³/mol. The molecule has 0 radical (unpaired) electrons. The molecule has 0 aliphatic heterocycles. The van der Waals surface area contributed by atoms with Gasteiger partial charge in [-0.15, -0.1) is 0 Å². The maximum absolute atomic E-state index is 12.1. The van der Waals surface area contributed by atoms with Crippen LogP contribution in [0.2, 0.25) is 0 Å². The number of hydrogen-bond donors (Lipinski definition) is 0. The van der Waals surface area contributed by atoms with E-state index >= 15 is 0 Å². The normalized spacial score (nSPS) is 23.2. The minimum atomic E-state index is -1.26. The van der Waals surface area contributed by atoms with Crippen LogP contribution in [0.5, 0.6) is 0 Å². The van der Waals surface area contributed by atoms with Crippen LogP contribution in [0.25, 0.3) is 0 Å². The molecule has 0 heterocycles. The van der Waals surface area contributed by atoms with Crippen molar-refractivity contribution in [3.05, 3.63) is 11.1 Å². The number of hydrogen-bond acceptors (Lipinski definition) is 5. The Balaban J connectivity index is 2.35. The SMILES string of the molecule is CCCCC1=C2CC(C(=O)OC)(C(=O)OC)CC2CC1=O. The number of ether oxygens (including phenoxy) is 2. The zero-order valence-electron chi connectivity index (χ0n) is 12.9. The minimum absolute atomic E-state index is 0.0115. The highest BCUT2D eigenvalue weighted by atomic mass is 16.5. The molecule has 0 bridgehead atoms. The predicted octanol–water partition coefficient (Wildman–Crippen LogP) is 2.19. The van der Waals surface area contributed by atoms with Gasteiger partial charge in [-0.2, -0.15) is 0 Å². The molecule has 1 unspecified atom stereocenters. The number of unbranched alkanes of at least 4 members (excludes halogenated alkanes) is 1. The summed E-state index contributed by atoms with van der Waals surface area (Å²) in [6, 6.07) is 0. The number of rotatable bonds is 5. The second-order valence-electron chi connectivity index (χ2n) is 5.88. The molecule has 116 valence electrons. The van der Waals surface area contributed by atoms with Gasteiger partial charge in [0.1, 0.15) is 0 Å². The molecule has 0 spiro atoms. The molecule has 1 saturated carbocycles. The van der Waals surface area contributed by atoms with E-state index in [1.807, 2.05) is 0 Å². The summed E-state index contributed by atoms with van der Waals surface area (Å²) >= 11 is 0. The van der Waals surface area contributed by atoms with Crippen LogP contribution in [-0.2, 0) is 23.9 Å². The van der Waals surface area contributed by atoms with Crippen LogP contribution >= 0.6 is 0 Å². The largest absolute Gasteiger partial charge is 0.468 e. The highest BCUT2D eigenvalue weighted by Crippen LogP contribution is 2.53. The number of allylic oxidation sites excluding steroid dienone is 2. The van der Waals surface area contributed by atoms with E-state index in [2.05, 4.69) is 6.92 Å². The first-order valence-corrected chi connectivity index (χ1v) is 7.42. The van der Waals surface area contributed by atoms with Gasteiger partial charge >= 0.3 is 11.9 Å². The van der Waals surface area contributed by atoms with Crippen molar-refractivity contribution in [2.45, 2.75) is 45.4 Å². The van der Waals surface area contributed by atoms with Crippen LogP contribution in [0.1, 0.15) is 45.4 Å². The van der Waals surface area contributed by atoms with Crippen LogP contribution < -0.4 is 0 Å². The summed E-state index contributed by atoms with van der Waals surface area (Å²) < 4.78 is 9.64. The van der Waals surface area contributed by atoms with E-state index in [1.54, 1.807) is 0 Å². The van der Waals surface area contributed by atoms with Crippen molar-refractivity contribution in [1.29, 1.82) is 0 Å². The molecule has 0 aromatic carbocycles. The van der Waals surface area contributed by atoms with Crippen molar-refractivity contribution >= 4 is 17.7 Å². The average molecular weight is 294 g/mol. The zero-order chi connectivity index (χ0) is 15.6. The van der Waals surface area contributed by atoms with E-state index in [-0.39, 0.29) is 18.1 Å². The van der Waals surface area contributed by atoms with Gasteiger partial charge in [0.25, 0.3) is 0 Å². The summed E-state index contributed by atoms with van der Waals surface area (Å²) in [5.41, 5.74) is 0.544. The molecule has 0 aromatic rings. The molecule has 21 heavy (non-hydrogen) atoms.